The smallest absolute Gasteiger partial charge is 0.253 e. The van der Waals surface area contributed by atoms with Gasteiger partial charge in [-0.05, 0) is 54.5 Å². The number of allylic oxidation sites excluding steroid dienone is 3. The van der Waals surface area contributed by atoms with E-state index in [2.05, 4.69) is 15.0 Å². The van der Waals surface area contributed by atoms with Crippen LogP contribution < -0.4 is 15.8 Å². The van der Waals surface area contributed by atoms with Gasteiger partial charge in [0.1, 0.15) is 0 Å². The quantitative estimate of drug-likeness (QED) is 0.551. The Labute approximate surface area is 200 Å². The molecule has 1 aliphatic heterocycles. The number of nitrogens with two attached hydrogens (primary N) is 1. The summed E-state index contributed by atoms with van der Waals surface area (Å²) in [7, 11) is -3.70. The van der Waals surface area contributed by atoms with Crippen molar-refractivity contribution in [3.05, 3.63) is 64.0 Å². The monoisotopic (exact) mass is 481 g/mol. The first-order valence-electron chi connectivity index (χ1n) is 11.9. The number of hydrogen-bond acceptors (Lipinski definition) is 6. The summed E-state index contributed by atoms with van der Waals surface area (Å²) in [4.78, 5) is 22.0. The highest BCUT2D eigenvalue weighted by Gasteiger charge is 2.46. The lowest BCUT2D eigenvalue weighted by molar-refractivity contribution is 0.0940. The van der Waals surface area contributed by atoms with Gasteiger partial charge in [-0.3, -0.25) is 14.8 Å². The van der Waals surface area contributed by atoms with E-state index in [1.807, 2.05) is 26.1 Å². The number of rotatable bonds is 7. The van der Waals surface area contributed by atoms with E-state index in [9.17, 15) is 13.2 Å². The van der Waals surface area contributed by atoms with E-state index >= 15 is 0 Å². The molecule has 4 aliphatic rings. The standard InChI is InChI=1S/C25H31N5O3S/c1-14(2)11-29-34(32,33)23-9-18-20(26)10-22(30-25(31)16-4-3-7-27-12-16)24(18)19-13-28-21(8-17(19)23)15-5-6-15/h3-4,7-9,12-15,17,19-20,22,29H,5-6,10-11,26H2,1-2H3,(H,30,31)/t17?,19?,20-,22-/m1/s1. The first-order valence-corrected chi connectivity index (χ1v) is 13.4. The number of nitrogens with one attached hydrogen (secondary N) is 2. The van der Waals surface area contributed by atoms with Gasteiger partial charge < -0.3 is 11.1 Å². The summed E-state index contributed by atoms with van der Waals surface area (Å²) in [5.74, 6) is -0.248. The van der Waals surface area contributed by atoms with Gasteiger partial charge in [-0.1, -0.05) is 19.9 Å². The number of pyridine rings is 1. The van der Waals surface area contributed by atoms with Crippen LogP contribution in [-0.2, 0) is 10.0 Å². The van der Waals surface area contributed by atoms with Crippen LogP contribution in [0.25, 0.3) is 0 Å². The van der Waals surface area contributed by atoms with Crippen molar-refractivity contribution < 1.29 is 13.2 Å². The molecular weight excluding hydrogens is 450 g/mol. The Kier molecular flexibility index (Phi) is 6.03. The highest BCUT2D eigenvalue weighted by Crippen LogP contribution is 2.48. The van der Waals surface area contributed by atoms with Gasteiger partial charge in [0.25, 0.3) is 5.91 Å². The Hall–Kier alpha value is -2.62. The number of hydrogen-bond donors (Lipinski definition) is 3. The minimum Gasteiger partial charge on any atom is -0.345 e. The van der Waals surface area contributed by atoms with Crippen LogP contribution in [0.3, 0.4) is 0 Å². The van der Waals surface area contributed by atoms with Crippen molar-refractivity contribution >= 4 is 22.1 Å². The fourth-order valence-electron chi connectivity index (χ4n) is 5.02. The highest BCUT2D eigenvalue weighted by molar-refractivity contribution is 7.93. The van der Waals surface area contributed by atoms with Crippen LogP contribution in [0, 0.1) is 23.7 Å². The molecular formula is C25H31N5O3S. The maximum atomic E-state index is 13.4. The third-order valence-electron chi connectivity index (χ3n) is 6.92. The zero-order chi connectivity index (χ0) is 24.0. The Morgan fingerprint density at radius 2 is 2.06 bits per heavy atom. The van der Waals surface area contributed by atoms with Crippen molar-refractivity contribution in [2.75, 3.05) is 6.54 Å². The second-order valence-corrected chi connectivity index (χ2v) is 11.8. The molecule has 1 saturated carbocycles. The molecule has 1 aromatic rings. The lowest BCUT2D eigenvalue weighted by Gasteiger charge is -2.35. The topological polar surface area (TPSA) is 127 Å². The van der Waals surface area contributed by atoms with E-state index in [1.165, 1.54) is 6.20 Å². The molecule has 2 unspecified atom stereocenters. The Balaban J connectivity index is 1.52. The molecule has 4 atom stereocenters. The van der Waals surface area contributed by atoms with Crippen molar-refractivity contribution in [3.8, 4) is 0 Å². The summed E-state index contributed by atoms with van der Waals surface area (Å²) in [5.41, 5.74) is 9.68. The van der Waals surface area contributed by atoms with Crippen LogP contribution >= 0.6 is 0 Å². The normalized spacial score (nSPS) is 28.4. The lowest BCUT2D eigenvalue weighted by atomic mass is 9.77. The van der Waals surface area contributed by atoms with Crippen LogP contribution in [0.4, 0.5) is 0 Å². The Morgan fingerprint density at radius 3 is 2.74 bits per heavy atom. The van der Waals surface area contributed by atoms with Crippen LogP contribution in [0.5, 0.6) is 0 Å². The van der Waals surface area contributed by atoms with Crippen LogP contribution in [0.1, 0.15) is 43.5 Å². The first-order chi connectivity index (χ1) is 16.2. The molecule has 9 heteroatoms. The number of aliphatic imine (C=N–C) groups is 1. The van der Waals surface area contributed by atoms with Gasteiger partial charge in [0.2, 0.25) is 10.0 Å². The average molecular weight is 482 g/mol. The number of fused-ring (bicyclic) bond motifs is 2. The Morgan fingerprint density at radius 1 is 1.26 bits per heavy atom. The number of carbonyl (C=O) groups is 1. The molecule has 3 aliphatic carbocycles. The van der Waals surface area contributed by atoms with E-state index in [-0.39, 0.29) is 35.7 Å². The predicted molar refractivity (Wildman–Crippen MR) is 131 cm³/mol. The second kappa shape index (κ2) is 8.87. The third kappa shape index (κ3) is 4.39. The molecule has 0 radical (unpaired) electrons. The van der Waals surface area contributed by atoms with E-state index in [0.717, 1.165) is 29.7 Å². The summed E-state index contributed by atoms with van der Waals surface area (Å²) >= 11 is 0. The van der Waals surface area contributed by atoms with E-state index in [4.69, 9.17) is 10.7 Å². The van der Waals surface area contributed by atoms with Crippen molar-refractivity contribution in [3.63, 3.8) is 0 Å². The number of sulfonamides is 1. The summed E-state index contributed by atoms with van der Waals surface area (Å²) in [6.07, 6.45) is 11.5. The van der Waals surface area contributed by atoms with Crippen LogP contribution in [-0.4, -0.2) is 44.2 Å². The molecule has 180 valence electrons. The van der Waals surface area contributed by atoms with Gasteiger partial charge >= 0.3 is 0 Å². The van der Waals surface area contributed by atoms with E-state index in [0.29, 0.717) is 29.4 Å². The first kappa shape index (κ1) is 23.1. The van der Waals surface area contributed by atoms with Gasteiger partial charge in [0, 0.05) is 54.6 Å². The zero-order valence-electron chi connectivity index (χ0n) is 19.4. The molecule has 2 heterocycles. The van der Waals surface area contributed by atoms with Gasteiger partial charge in [0.05, 0.1) is 16.5 Å². The summed E-state index contributed by atoms with van der Waals surface area (Å²) < 4.78 is 29.5. The minimum atomic E-state index is -3.70. The predicted octanol–water partition coefficient (Wildman–Crippen LogP) is 2.29. The fraction of sp³-hybridized carbons (Fsp3) is 0.480. The number of carbonyl (C=O) groups excluding carboxylic acids is 1. The number of amides is 1. The van der Waals surface area contributed by atoms with Gasteiger partial charge in [0.15, 0.2) is 0 Å². The molecule has 1 aromatic heterocycles. The lowest BCUT2D eigenvalue weighted by Crippen LogP contribution is -2.41. The molecule has 0 spiro atoms. The minimum absolute atomic E-state index is 0.191. The van der Waals surface area contributed by atoms with Crippen molar-refractivity contribution in [2.24, 2.45) is 34.4 Å². The van der Waals surface area contributed by atoms with E-state index < -0.39 is 10.0 Å². The van der Waals surface area contributed by atoms with Crippen molar-refractivity contribution in [1.82, 2.24) is 15.0 Å². The number of aromatic nitrogens is 1. The SMILES string of the molecule is CC(C)CNS(=O)(=O)C1=CC2=C(C3C=NC(C4CC4)=CC13)[C@H](NC(=O)c1cccnc1)C[C@H]2N. The van der Waals surface area contributed by atoms with Gasteiger partial charge in [-0.2, -0.15) is 0 Å². The summed E-state index contributed by atoms with van der Waals surface area (Å²) in [5, 5.41) is 3.10. The van der Waals surface area contributed by atoms with Gasteiger partial charge in [-0.15, -0.1) is 0 Å². The molecule has 5 rings (SSSR count). The molecule has 0 bridgehead atoms. The van der Waals surface area contributed by atoms with Crippen LogP contribution in [0.2, 0.25) is 0 Å². The molecule has 1 fully saturated rings. The number of nitrogens with zero attached hydrogens (tertiary/aromatic N) is 2. The maximum Gasteiger partial charge on any atom is 0.253 e. The molecule has 8 nitrogen and oxygen atoms in total. The molecule has 1 amide bonds. The van der Waals surface area contributed by atoms with Crippen molar-refractivity contribution in [2.45, 2.75) is 45.2 Å². The summed E-state index contributed by atoms with van der Waals surface area (Å²) in [6.45, 7) is 4.32. The molecule has 34 heavy (non-hydrogen) atoms. The third-order valence-corrected chi connectivity index (χ3v) is 8.48. The average Bonchev–Trinajstić information content (AvgIpc) is 3.62. The van der Waals surface area contributed by atoms with Crippen LogP contribution in [0.15, 0.2) is 63.4 Å². The largest absolute Gasteiger partial charge is 0.345 e. The van der Waals surface area contributed by atoms with Gasteiger partial charge in [-0.25, -0.2) is 13.1 Å². The highest BCUT2D eigenvalue weighted by atomic mass is 32.2. The van der Waals surface area contributed by atoms with E-state index in [1.54, 1.807) is 24.4 Å². The molecule has 0 aromatic carbocycles. The zero-order valence-corrected chi connectivity index (χ0v) is 20.3. The molecule has 4 N–H and O–H groups in total. The summed E-state index contributed by atoms with van der Waals surface area (Å²) in [6, 6.07) is 2.77. The van der Waals surface area contributed by atoms with Crippen molar-refractivity contribution in [1.29, 1.82) is 0 Å². The second-order valence-electron chi connectivity index (χ2n) is 10.0. The molecule has 0 saturated heterocycles. The maximum absolute atomic E-state index is 13.4. The fourth-order valence-corrected chi connectivity index (χ4v) is 6.60. The Bertz CT molecular complexity index is 1210.